The van der Waals surface area contributed by atoms with E-state index in [1.54, 1.807) is 14.2 Å². The Balaban J connectivity index is 0.000000220. The molecule has 1 aliphatic carbocycles. The number of rotatable bonds is 4. The van der Waals surface area contributed by atoms with E-state index in [2.05, 4.69) is 30.4 Å². The van der Waals surface area contributed by atoms with Crippen LogP contribution in [0.25, 0.3) is 6.08 Å². The topological polar surface area (TPSA) is 18.5 Å². The van der Waals surface area contributed by atoms with E-state index in [1.165, 1.54) is 11.1 Å². The Morgan fingerprint density at radius 3 is 2.14 bits per heavy atom. The van der Waals surface area contributed by atoms with Gasteiger partial charge in [0.15, 0.2) is 0 Å². The molecule has 2 nitrogen and oxygen atoms in total. The molecule has 0 heterocycles. The monoisotopic (exact) mass is 298 g/mol. The largest absolute Gasteiger partial charge is 0.497 e. The second kappa shape index (κ2) is 10.6. The van der Waals surface area contributed by atoms with Crippen molar-refractivity contribution in [1.82, 2.24) is 0 Å². The van der Waals surface area contributed by atoms with Gasteiger partial charge in [0.05, 0.1) is 13.2 Å². The van der Waals surface area contributed by atoms with Crippen LogP contribution >= 0.6 is 0 Å². The first-order chi connectivity index (χ1) is 10.7. The molecular formula is C20H26O2. The number of methoxy groups -OCH3 is 2. The maximum absolute atomic E-state index is 5.16. The maximum atomic E-state index is 5.16. The fourth-order valence-corrected chi connectivity index (χ4v) is 2.02. The van der Waals surface area contributed by atoms with Crippen molar-refractivity contribution in [3.8, 4) is 5.75 Å². The minimum absolute atomic E-state index is 0.281. The van der Waals surface area contributed by atoms with E-state index in [-0.39, 0.29) is 6.10 Å². The molecule has 0 fully saturated rings. The summed E-state index contributed by atoms with van der Waals surface area (Å²) in [4.78, 5) is 0. The molecule has 0 amide bonds. The highest BCUT2D eigenvalue weighted by atomic mass is 16.5. The Kier molecular flexibility index (Phi) is 8.70. The summed E-state index contributed by atoms with van der Waals surface area (Å²) in [6, 6.07) is 7.96. The fraction of sp³-hybridized carbons (Fsp3) is 0.300. The third-order valence-corrected chi connectivity index (χ3v) is 3.23. The molecule has 0 saturated carbocycles. The maximum Gasteiger partial charge on any atom is 0.118 e. The Hall–Kier alpha value is -2.06. The Labute approximate surface area is 134 Å². The summed E-state index contributed by atoms with van der Waals surface area (Å²) in [6.45, 7) is 4.03. The lowest BCUT2D eigenvalue weighted by molar-refractivity contribution is 0.142. The molecule has 1 aromatic rings. The van der Waals surface area contributed by atoms with Crippen LogP contribution in [0.4, 0.5) is 0 Å². The summed E-state index contributed by atoms with van der Waals surface area (Å²) >= 11 is 0. The van der Waals surface area contributed by atoms with E-state index in [0.717, 1.165) is 12.2 Å². The number of ether oxygens (including phenoxy) is 2. The van der Waals surface area contributed by atoms with E-state index >= 15 is 0 Å². The molecule has 0 N–H and O–H groups in total. The molecule has 0 radical (unpaired) electrons. The highest BCUT2D eigenvalue weighted by molar-refractivity contribution is 5.50. The van der Waals surface area contributed by atoms with Crippen LogP contribution in [0, 0.1) is 0 Å². The van der Waals surface area contributed by atoms with Gasteiger partial charge in [-0.2, -0.15) is 0 Å². The summed E-state index contributed by atoms with van der Waals surface area (Å²) in [6.07, 6.45) is 15.9. The zero-order chi connectivity index (χ0) is 16.2. The van der Waals surface area contributed by atoms with Gasteiger partial charge in [-0.3, -0.25) is 0 Å². The lowest BCUT2D eigenvalue weighted by atomic mass is 10.0. The molecule has 118 valence electrons. The van der Waals surface area contributed by atoms with Crippen LogP contribution < -0.4 is 4.74 Å². The summed E-state index contributed by atoms with van der Waals surface area (Å²) in [5.74, 6) is 0.901. The van der Waals surface area contributed by atoms with Gasteiger partial charge in [0, 0.05) is 7.11 Å². The Morgan fingerprint density at radius 1 is 1.00 bits per heavy atom. The van der Waals surface area contributed by atoms with Gasteiger partial charge in [0.25, 0.3) is 0 Å². The predicted molar refractivity (Wildman–Crippen MR) is 95.2 cm³/mol. The van der Waals surface area contributed by atoms with Gasteiger partial charge >= 0.3 is 0 Å². The summed E-state index contributed by atoms with van der Waals surface area (Å²) < 4.78 is 10.2. The van der Waals surface area contributed by atoms with Crippen molar-refractivity contribution < 1.29 is 9.47 Å². The lowest BCUT2D eigenvalue weighted by Gasteiger charge is -2.12. The molecule has 1 atom stereocenters. The van der Waals surface area contributed by atoms with Gasteiger partial charge in [-0.25, -0.2) is 0 Å². The van der Waals surface area contributed by atoms with E-state index in [0.29, 0.717) is 0 Å². The van der Waals surface area contributed by atoms with Crippen LogP contribution in [0.5, 0.6) is 5.75 Å². The van der Waals surface area contributed by atoms with E-state index in [9.17, 15) is 0 Å². The summed E-state index contributed by atoms with van der Waals surface area (Å²) in [7, 11) is 3.41. The molecule has 0 aliphatic heterocycles. The molecule has 1 aliphatic rings. The Bertz CT molecular complexity index is 533. The number of allylic oxidation sites excluding steroid dienone is 5. The lowest BCUT2D eigenvalue weighted by Crippen LogP contribution is -2.07. The first-order valence-corrected chi connectivity index (χ1v) is 7.54. The van der Waals surface area contributed by atoms with Gasteiger partial charge < -0.3 is 9.47 Å². The normalized spacial score (nSPS) is 17.3. The van der Waals surface area contributed by atoms with Crippen LogP contribution in [0.1, 0.15) is 25.8 Å². The highest BCUT2D eigenvalue weighted by Gasteiger charge is 2.04. The molecule has 22 heavy (non-hydrogen) atoms. The van der Waals surface area contributed by atoms with Gasteiger partial charge in [0.1, 0.15) is 5.75 Å². The van der Waals surface area contributed by atoms with Crippen molar-refractivity contribution >= 4 is 6.08 Å². The van der Waals surface area contributed by atoms with Crippen molar-refractivity contribution in [2.75, 3.05) is 14.2 Å². The average Bonchev–Trinajstić information content (AvgIpc) is 2.57. The zero-order valence-electron chi connectivity index (χ0n) is 14.0. The second-order valence-corrected chi connectivity index (χ2v) is 4.85. The van der Waals surface area contributed by atoms with E-state index in [4.69, 9.17) is 9.47 Å². The molecule has 2 heteroatoms. The SMILES string of the molecule is C/C=C/c1ccc(OC)cc1.CC=CC1=CCC(OC)C=C1. The summed E-state index contributed by atoms with van der Waals surface area (Å²) in [5.41, 5.74) is 2.48. The first-order valence-electron chi connectivity index (χ1n) is 7.54. The fourth-order valence-electron chi connectivity index (χ4n) is 2.02. The molecule has 0 saturated heterocycles. The highest BCUT2D eigenvalue weighted by Crippen LogP contribution is 2.13. The van der Waals surface area contributed by atoms with Crippen molar-refractivity contribution in [1.29, 1.82) is 0 Å². The number of benzene rings is 1. The quantitative estimate of drug-likeness (QED) is 0.761. The van der Waals surface area contributed by atoms with Crippen LogP contribution in [0.15, 0.2) is 66.3 Å². The third kappa shape index (κ3) is 6.59. The number of hydrogen-bond acceptors (Lipinski definition) is 2. The van der Waals surface area contributed by atoms with Crippen LogP contribution in [-0.2, 0) is 4.74 Å². The van der Waals surface area contributed by atoms with Gasteiger partial charge in [-0.15, -0.1) is 0 Å². The smallest absolute Gasteiger partial charge is 0.118 e. The standard InChI is InChI=1S/C10H14O.C10H12O/c2*1-3-4-9-5-7-10(11-2)8-6-9/h3-7,10H,8H2,1-2H3;3-8H,1-2H3/b;4-3+. The summed E-state index contributed by atoms with van der Waals surface area (Å²) in [5, 5.41) is 0. The van der Waals surface area contributed by atoms with E-state index in [1.807, 2.05) is 50.3 Å². The Morgan fingerprint density at radius 2 is 1.68 bits per heavy atom. The van der Waals surface area contributed by atoms with Crippen molar-refractivity contribution in [3.63, 3.8) is 0 Å². The van der Waals surface area contributed by atoms with E-state index < -0.39 is 0 Å². The molecule has 2 rings (SSSR count). The predicted octanol–water partition coefficient (Wildman–Crippen LogP) is 5.19. The molecule has 1 aromatic carbocycles. The van der Waals surface area contributed by atoms with Gasteiger partial charge in [0.2, 0.25) is 0 Å². The zero-order valence-corrected chi connectivity index (χ0v) is 14.0. The van der Waals surface area contributed by atoms with Crippen LogP contribution in [-0.4, -0.2) is 20.3 Å². The number of hydrogen-bond donors (Lipinski definition) is 0. The minimum atomic E-state index is 0.281. The molecule has 0 aromatic heterocycles. The van der Waals surface area contributed by atoms with Gasteiger partial charge in [-0.1, -0.05) is 54.7 Å². The third-order valence-electron chi connectivity index (χ3n) is 3.23. The van der Waals surface area contributed by atoms with Crippen molar-refractivity contribution in [2.45, 2.75) is 26.4 Å². The average molecular weight is 298 g/mol. The van der Waals surface area contributed by atoms with Crippen LogP contribution in [0.3, 0.4) is 0 Å². The van der Waals surface area contributed by atoms with Crippen molar-refractivity contribution in [2.24, 2.45) is 0 Å². The van der Waals surface area contributed by atoms with Crippen molar-refractivity contribution in [3.05, 3.63) is 71.9 Å². The molecule has 1 unspecified atom stereocenters. The molecular weight excluding hydrogens is 272 g/mol. The first kappa shape index (κ1) is 18.0. The molecule has 0 spiro atoms. The second-order valence-electron chi connectivity index (χ2n) is 4.85. The minimum Gasteiger partial charge on any atom is -0.497 e. The van der Waals surface area contributed by atoms with Gasteiger partial charge in [-0.05, 0) is 43.5 Å². The molecule has 0 bridgehead atoms. The van der Waals surface area contributed by atoms with Crippen LogP contribution in [0.2, 0.25) is 0 Å².